The van der Waals surface area contributed by atoms with E-state index >= 15 is 0 Å². The van der Waals surface area contributed by atoms with Crippen LogP contribution in [0.5, 0.6) is 5.75 Å². The van der Waals surface area contributed by atoms with Gasteiger partial charge in [-0.1, -0.05) is 48.5 Å². The van der Waals surface area contributed by atoms with Crippen LogP contribution in [0.1, 0.15) is 16.8 Å². The molecule has 0 aliphatic carbocycles. The average molecular weight is 449 g/mol. The molecule has 168 valence electrons. The SMILES string of the molecule is Cn1nc(CC(=O)Nc2ccc(OC(F)F)c(Cc3ccccc3)c2)c2ccccc2c1=O. The minimum atomic E-state index is -2.95. The van der Waals surface area contributed by atoms with E-state index in [0.29, 0.717) is 34.1 Å². The predicted octanol–water partition coefficient (Wildman–Crippen LogP) is 4.31. The Kier molecular flexibility index (Phi) is 6.44. The maximum atomic E-state index is 12.9. The molecule has 0 bridgehead atoms. The number of aryl methyl sites for hydroxylation is 1. The Balaban J connectivity index is 1.58. The highest BCUT2D eigenvalue weighted by Crippen LogP contribution is 2.27. The third-order valence-corrected chi connectivity index (χ3v) is 5.16. The van der Waals surface area contributed by atoms with Gasteiger partial charge in [0.25, 0.3) is 5.56 Å². The summed E-state index contributed by atoms with van der Waals surface area (Å²) in [5.74, 6) is -0.294. The fourth-order valence-electron chi connectivity index (χ4n) is 3.69. The first-order chi connectivity index (χ1) is 15.9. The van der Waals surface area contributed by atoms with Gasteiger partial charge in [-0.2, -0.15) is 13.9 Å². The number of benzene rings is 3. The molecule has 0 saturated carbocycles. The highest BCUT2D eigenvalue weighted by molar-refractivity contribution is 5.95. The molecule has 1 aromatic heterocycles. The zero-order chi connectivity index (χ0) is 23.4. The lowest BCUT2D eigenvalue weighted by Crippen LogP contribution is -2.24. The van der Waals surface area contributed by atoms with E-state index in [2.05, 4.69) is 15.2 Å². The first kappa shape index (κ1) is 22.1. The van der Waals surface area contributed by atoms with Gasteiger partial charge in [-0.15, -0.1) is 0 Å². The fourth-order valence-corrected chi connectivity index (χ4v) is 3.69. The van der Waals surface area contributed by atoms with Crippen LogP contribution in [-0.2, 0) is 24.7 Å². The normalized spacial score (nSPS) is 11.0. The number of hydrogen-bond acceptors (Lipinski definition) is 4. The standard InChI is InChI=1S/C25H21F2N3O3/c1-30-24(32)20-10-6-5-9-19(20)21(29-30)15-23(31)28-18-11-12-22(33-25(26)27)17(14-18)13-16-7-3-2-4-8-16/h2-12,14,25H,13,15H2,1H3,(H,28,31). The Morgan fingerprint density at radius 1 is 1.03 bits per heavy atom. The molecule has 0 spiro atoms. The monoisotopic (exact) mass is 449 g/mol. The van der Waals surface area contributed by atoms with E-state index < -0.39 is 6.61 Å². The van der Waals surface area contributed by atoms with Crippen molar-refractivity contribution in [2.75, 3.05) is 5.32 Å². The number of nitrogens with zero attached hydrogens (tertiary/aromatic N) is 2. The van der Waals surface area contributed by atoms with Gasteiger partial charge in [0.15, 0.2) is 0 Å². The molecular weight excluding hydrogens is 428 g/mol. The van der Waals surface area contributed by atoms with Crippen molar-refractivity contribution in [2.45, 2.75) is 19.5 Å². The third kappa shape index (κ3) is 5.23. The van der Waals surface area contributed by atoms with Crippen LogP contribution >= 0.6 is 0 Å². The van der Waals surface area contributed by atoms with Gasteiger partial charge in [0, 0.05) is 30.1 Å². The van der Waals surface area contributed by atoms with E-state index in [-0.39, 0.29) is 23.6 Å². The number of carbonyl (C=O) groups is 1. The maximum Gasteiger partial charge on any atom is 0.387 e. The quantitative estimate of drug-likeness (QED) is 0.457. The van der Waals surface area contributed by atoms with E-state index in [0.717, 1.165) is 5.56 Å². The summed E-state index contributed by atoms with van der Waals surface area (Å²) in [6, 6.07) is 20.9. The molecule has 0 unspecified atom stereocenters. The van der Waals surface area contributed by atoms with Crippen LogP contribution in [0.25, 0.3) is 10.8 Å². The molecule has 6 nitrogen and oxygen atoms in total. The predicted molar refractivity (Wildman–Crippen MR) is 122 cm³/mol. The van der Waals surface area contributed by atoms with Gasteiger partial charge in [-0.3, -0.25) is 9.59 Å². The lowest BCUT2D eigenvalue weighted by molar-refractivity contribution is -0.115. The first-order valence-electron chi connectivity index (χ1n) is 10.3. The van der Waals surface area contributed by atoms with Gasteiger partial charge in [0.2, 0.25) is 5.91 Å². The summed E-state index contributed by atoms with van der Waals surface area (Å²) >= 11 is 0. The van der Waals surface area contributed by atoms with Crippen molar-refractivity contribution in [1.82, 2.24) is 9.78 Å². The minimum absolute atomic E-state index is 0.0533. The summed E-state index contributed by atoms with van der Waals surface area (Å²) in [4.78, 5) is 25.1. The van der Waals surface area contributed by atoms with Crippen LogP contribution in [0.15, 0.2) is 77.6 Å². The minimum Gasteiger partial charge on any atom is -0.435 e. The van der Waals surface area contributed by atoms with E-state index in [9.17, 15) is 18.4 Å². The fraction of sp³-hybridized carbons (Fsp3) is 0.160. The molecule has 0 radical (unpaired) electrons. The van der Waals surface area contributed by atoms with Gasteiger partial charge in [0.05, 0.1) is 17.5 Å². The van der Waals surface area contributed by atoms with Crippen LogP contribution < -0.4 is 15.6 Å². The van der Waals surface area contributed by atoms with Crippen LogP contribution in [0.2, 0.25) is 0 Å². The van der Waals surface area contributed by atoms with Gasteiger partial charge >= 0.3 is 6.61 Å². The number of nitrogens with one attached hydrogen (secondary N) is 1. The molecular formula is C25H21F2N3O3. The zero-order valence-electron chi connectivity index (χ0n) is 17.8. The van der Waals surface area contributed by atoms with Crippen molar-refractivity contribution in [1.29, 1.82) is 0 Å². The first-order valence-corrected chi connectivity index (χ1v) is 10.3. The number of alkyl halides is 2. The molecule has 3 aromatic carbocycles. The van der Waals surface area contributed by atoms with E-state index in [1.807, 2.05) is 30.3 Å². The highest BCUT2D eigenvalue weighted by Gasteiger charge is 2.15. The Bertz CT molecular complexity index is 1350. The molecule has 4 rings (SSSR count). The second kappa shape index (κ2) is 9.60. The van der Waals surface area contributed by atoms with Crippen molar-refractivity contribution >= 4 is 22.4 Å². The second-order valence-corrected chi connectivity index (χ2v) is 7.51. The second-order valence-electron chi connectivity index (χ2n) is 7.51. The molecule has 1 N–H and O–H groups in total. The van der Waals surface area contributed by atoms with Crippen LogP contribution in [0.4, 0.5) is 14.5 Å². The van der Waals surface area contributed by atoms with Gasteiger partial charge < -0.3 is 10.1 Å². The summed E-state index contributed by atoms with van der Waals surface area (Å²) < 4.78 is 31.6. The number of halogens is 2. The molecule has 0 aliphatic rings. The van der Waals surface area contributed by atoms with Gasteiger partial charge in [0.1, 0.15) is 5.75 Å². The number of carbonyl (C=O) groups excluding carboxylic acids is 1. The molecule has 4 aromatic rings. The van der Waals surface area contributed by atoms with Crippen molar-refractivity contribution in [2.24, 2.45) is 7.05 Å². The zero-order valence-corrected chi connectivity index (χ0v) is 17.8. The summed E-state index contributed by atoms with van der Waals surface area (Å²) in [6.07, 6.45) is 0.303. The summed E-state index contributed by atoms with van der Waals surface area (Å²) in [7, 11) is 1.54. The third-order valence-electron chi connectivity index (χ3n) is 5.16. The highest BCUT2D eigenvalue weighted by atomic mass is 19.3. The van der Waals surface area contributed by atoms with Gasteiger partial charge in [-0.05, 0) is 29.8 Å². The number of anilines is 1. The molecule has 33 heavy (non-hydrogen) atoms. The van der Waals surface area contributed by atoms with Crippen molar-refractivity contribution in [3.63, 3.8) is 0 Å². The summed E-state index contributed by atoms with van der Waals surface area (Å²) in [5, 5.41) is 8.12. The number of amides is 1. The Morgan fingerprint density at radius 3 is 2.45 bits per heavy atom. The molecule has 1 amide bonds. The van der Waals surface area contributed by atoms with Crippen LogP contribution in [0.3, 0.4) is 0 Å². The summed E-state index contributed by atoms with van der Waals surface area (Å²) in [6.45, 7) is -2.95. The van der Waals surface area contributed by atoms with E-state index in [1.165, 1.54) is 23.9 Å². The Labute approximate surface area is 188 Å². The number of fused-ring (bicyclic) bond motifs is 1. The number of aromatic nitrogens is 2. The number of hydrogen-bond donors (Lipinski definition) is 1. The van der Waals surface area contributed by atoms with Crippen molar-refractivity contribution < 1.29 is 18.3 Å². The van der Waals surface area contributed by atoms with Gasteiger partial charge in [-0.25, -0.2) is 4.68 Å². The number of rotatable bonds is 7. The van der Waals surface area contributed by atoms with Crippen LogP contribution in [-0.4, -0.2) is 22.3 Å². The smallest absolute Gasteiger partial charge is 0.387 e. The molecule has 8 heteroatoms. The Hall–Kier alpha value is -4.07. The molecule has 0 fully saturated rings. The van der Waals surface area contributed by atoms with E-state index in [4.69, 9.17) is 0 Å². The summed E-state index contributed by atoms with van der Waals surface area (Å²) in [5.41, 5.74) is 2.11. The Morgan fingerprint density at radius 2 is 1.73 bits per heavy atom. The number of ether oxygens (including phenoxy) is 1. The average Bonchev–Trinajstić information content (AvgIpc) is 2.79. The molecule has 1 heterocycles. The molecule has 0 atom stereocenters. The van der Waals surface area contributed by atoms with E-state index in [1.54, 1.807) is 30.3 Å². The van der Waals surface area contributed by atoms with Crippen LogP contribution in [0, 0.1) is 0 Å². The largest absolute Gasteiger partial charge is 0.435 e. The topological polar surface area (TPSA) is 73.2 Å². The molecule has 0 aliphatic heterocycles. The van der Waals surface area contributed by atoms with Crippen molar-refractivity contribution in [3.8, 4) is 5.75 Å². The lowest BCUT2D eigenvalue weighted by atomic mass is 10.0. The lowest BCUT2D eigenvalue weighted by Gasteiger charge is -2.14. The van der Waals surface area contributed by atoms with Crippen molar-refractivity contribution in [3.05, 3.63) is 100.0 Å². The molecule has 0 saturated heterocycles. The maximum absolute atomic E-state index is 12.9.